The lowest BCUT2D eigenvalue weighted by Crippen LogP contribution is -2.26. The van der Waals surface area contributed by atoms with Gasteiger partial charge in [0.25, 0.3) is 0 Å². The van der Waals surface area contributed by atoms with Gasteiger partial charge in [0.15, 0.2) is 0 Å². The molecule has 0 rings (SSSR count). The fourth-order valence-electron chi connectivity index (χ4n) is 1.23. The minimum atomic E-state index is -0.464. The van der Waals surface area contributed by atoms with Gasteiger partial charge in [0, 0.05) is 12.6 Å². The predicted octanol–water partition coefficient (Wildman–Crippen LogP) is 1.78. The first-order chi connectivity index (χ1) is 9.85. The van der Waals surface area contributed by atoms with E-state index in [1.807, 2.05) is 20.8 Å². The third-order valence-corrected chi connectivity index (χ3v) is 2.27. The lowest BCUT2D eigenvalue weighted by Gasteiger charge is -2.19. The molecule has 1 N–H and O–H groups in total. The molecule has 0 bridgehead atoms. The fraction of sp³-hybridized carbons (Fsp3) is 0.714. The molecule has 0 saturated carbocycles. The van der Waals surface area contributed by atoms with Crippen molar-refractivity contribution in [1.82, 2.24) is 5.32 Å². The third kappa shape index (κ3) is 15.3. The molecular weight excluding hydrogens is 342 g/mol. The molecule has 0 atom stereocenters. The Morgan fingerprint density at radius 1 is 1.10 bits per heavy atom. The molecule has 1 amide bonds. The number of ether oxygens (including phenoxy) is 3. The molecule has 0 aromatic rings. The summed E-state index contributed by atoms with van der Waals surface area (Å²) in [4.78, 5) is 23.9. The zero-order valence-corrected chi connectivity index (χ0v) is 14.4. The third-order valence-electron chi connectivity index (χ3n) is 2.00. The van der Waals surface area contributed by atoms with Gasteiger partial charge in [0.2, 0.25) is 5.91 Å². The second kappa shape index (κ2) is 11.7. The van der Waals surface area contributed by atoms with Crippen LogP contribution in [0.1, 0.15) is 27.2 Å². The van der Waals surface area contributed by atoms with E-state index in [4.69, 9.17) is 14.2 Å². The molecule has 0 aliphatic carbocycles. The van der Waals surface area contributed by atoms with Crippen LogP contribution in [0.2, 0.25) is 0 Å². The van der Waals surface area contributed by atoms with Crippen molar-refractivity contribution in [2.24, 2.45) is 0 Å². The lowest BCUT2D eigenvalue weighted by molar-refractivity contribution is -0.156. The van der Waals surface area contributed by atoms with Crippen LogP contribution in [-0.4, -0.2) is 50.4 Å². The monoisotopic (exact) mass is 365 g/mol. The number of carbonyl (C=O) groups is 2. The maximum absolute atomic E-state index is 11.4. The molecule has 0 aliphatic heterocycles. The molecule has 0 fully saturated rings. The summed E-state index contributed by atoms with van der Waals surface area (Å²) in [5, 5.41) is 2.64. The summed E-state index contributed by atoms with van der Waals surface area (Å²) in [5.74, 6) is -0.449. The minimum absolute atomic E-state index is 0.177. The van der Waals surface area contributed by atoms with E-state index in [1.54, 1.807) is 0 Å². The number of amides is 1. The number of nitrogens with one attached hydrogen (secondary N) is 1. The molecule has 0 heterocycles. The van der Waals surface area contributed by atoms with Crippen LogP contribution in [0.3, 0.4) is 0 Å². The van der Waals surface area contributed by atoms with Gasteiger partial charge >= 0.3 is 5.97 Å². The van der Waals surface area contributed by atoms with E-state index in [2.05, 4.69) is 21.2 Å². The van der Waals surface area contributed by atoms with Crippen LogP contribution >= 0.6 is 15.9 Å². The Balaban J connectivity index is 3.33. The van der Waals surface area contributed by atoms with Crippen molar-refractivity contribution in [1.29, 1.82) is 0 Å². The molecule has 0 aromatic heterocycles. The highest BCUT2D eigenvalue weighted by Gasteiger charge is 2.15. The molecule has 0 aliphatic rings. The van der Waals surface area contributed by atoms with Gasteiger partial charge in [0.05, 0.1) is 32.8 Å². The second-order valence-electron chi connectivity index (χ2n) is 5.14. The molecule has 7 heteroatoms. The maximum Gasteiger partial charge on any atom is 0.308 e. The first kappa shape index (κ1) is 20.1. The van der Waals surface area contributed by atoms with E-state index in [0.717, 1.165) is 0 Å². The SMILES string of the molecule is CC(C)(C)OC(=O)CCOCCOCCNC(=O)/C=C/Br. The van der Waals surface area contributed by atoms with Gasteiger partial charge in [-0.1, -0.05) is 15.9 Å². The van der Waals surface area contributed by atoms with Crippen LogP contribution in [0, 0.1) is 0 Å². The van der Waals surface area contributed by atoms with Gasteiger partial charge in [-0.15, -0.1) is 0 Å². The van der Waals surface area contributed by atoms with Gasteiger partial charge < -0.3 is 19.5 Å². The van der Waals surface area contributed by atoms with Crippen molar-refractivity contribution in [3.8, 4) is 0 Å². The van der Waals surface area contributed by atoms with Gasteiger partial charge in [-0.3, -0.25) is 9.59 Å². The normalized spacial score (nSPS) is 11.6. The molecule has 0 saturated heterocycles. The van der Waals surface area contributed by atoms with E-state index in [-0.39, 0.29) is 18.3 Å². The molecule has 122 valence electrons. The topological polar surface area (TPSA) is 73.9 Å². The molecule has 0 aromatic carbocycles. The number of carbonyl (C=O) groups excluding carboxylic acids is 2. The first-order valence-electron chi connectivity index (χ1n) is 6.77. The number of esters is 1. The number of hydrogen-bond acceptors (Lipinski definition) is 5. The molecule has 0 spiro atoms. The smallest absolute Gasteiger partial charge is 0.308 e. The van der Waals surface area contributed by atoms with Crippen LogP contribution in [0.5, 0.6) is 0 Å². The largest absolute Gasteiger partial charge is 0.460 e. The molecular formula is C14H24BrNO5. The van der Waals surface area contributed by atoms with Gasteiger partial charge in [-0.2, -0.15) is 0 Å². The summed E-state index contributed by atoms with van der Waals surface area (Å²) in [6, 6.07) is 0. The van der Waals surface area contributed by atoms with E-state index in [0.29, 0.717) is 33.0 Å². The summed E-state index contributed by atoms with van der Waals surface area (Å²) in [7, 11) is 0. The van der Waals surface area contributed by atoms with Crippen molar-refractivity contribution in [3.63, 3.8) is 0 Å². The molecule has 0 unspecified atom stereocenters. The molecule has 6 nitrogen and oxygen atoms in total. The average Bonchev–Trinajstić information content (AvgIpc) is 2.35. The van der Waals surface area contributed by atoms with Crippen LogP contribution in [0.15, 0.2) is 11.1 Å². The Morgan fingerprint density at radius 2 is 1.71 bits per heavy atom. The van der Waals surface area contributed by atoms with E-state index in [9.17, 15) is 9.59 Å². The number of rotatable bonds is 10. The fourth-order valence-corrected chi connectivity index (χ4v) is 1.47. The average molecular weight is 366 g/mol. The summed E-state index contributed by atoms with van der Waals surface area (Å²) in [6.07, 6.45) is 1.60. The van der Waals surface area contributed by atoms with E-state index < -0.39 is 5.60 Å². The Hall–Kier alpha value is -0.920. The van der Waals surface area contributed by atoms with Crippen molar-refractivity contribution in [2.75, 3.05) is 33.0 Å². The Morgan fingerprint density at radius 3 is 2.29 bits per heavy atom. The quantitative estimate of drug-likeness (QED) is 0.362. The second-order valence-corrected chi connectivity index (χ2v) is 5.67. The van der Waals surface area contributed by atoms with Crippen molar-refractivity contribution < 1.29 is 23.8 Å². The predicted molar refractivity (Wildman–Crippen MR) is 83.2 cm³/mol. The van der Waals surface area contributed by atoms with Gasteiger partial charge in [-0.05, 0) is 25.8 Å². The highest BCUT2D eigenvalue weighted by molar-refractivity contribution is 9.11. The van der Waals surface area contributed by atoms with Gasteiger partial charge in [-0.25, -0.2) is 0 Å². The molecule has 0 radical (unpaired) electrons. The number of halogens is 1. The van der Waals surface area contributed by atoms with Crippen molar-refractivity contribution in [2.45, 2.75) is 32.8 Å². The lowest BCUT2D eigenvalue weighted by atomic mass is 10.2. The summed E-state index contributed by atoms with van der Waals surface area (Å²) < 4.78 is 15.7. The minimum Gasteiger partial charge on any atom is -0.460 e. The number of hydrogen-bond donors (Lipinski definition) is 1. The Kier molecular flexibility index (Phi) is 11.2. The summed E-state index contributed by atoms with van der Waals surface area (Å²) in [5.41, 5.74) is -0.464. The van der Waals surface area contributed by atoms with Gasteiger partial charge in [0.1, 0.15) is 5.60 Å². The Bertz CT molecular complexity index is 339. The van der Waals surface area contributed by atoms with Crippen LogP contribution in [0.4, 0.5) is 0 Å². The Labute approximate surface area is 134 Å². The first-order valence-corrected chi connectivity index (χ1v) is 7.68. The zero-order valence-electron chi connectivity index (χ0n) is 12.8. The zero-order chi connectivity index (χ0) is 16.1. The highest BCUT2D eigenvalue weighted by Crippen LogP contribution is 2.07. The summed E-state index contributed by atoms with van der Waals surface area (Å²) >= 11 is 3.01. The maximum atomic E-state index is 11.4. The van der Waals surface area contributed by atoms with Crippen LogP contribution in [-0.2, 0) is 23.8 Å². The van der Waals surface area contributed by atoms with Crippen molar-refractivity contribution >= 4 is 27.8 Å². The van der Waals surface area contributed by atoms with E-state index in [1.165, 1.54) is 11.1 Å². The van der Waals surface area contributed by atoms with Crippen LogP contribution in [0.25, 0.3) is 0 Å². The van der Waals surface area contributed by atoms with E-state index >= 15 is 0 Å². The molecule has 21 heavy (non-hydrogen) atoms. The standard InChI is InChI=1S/C14H24BrNO5/c1-14(2,3)21-13(18)5-8-19-10-11-20-9-7-16-12(17)4-6-15/h4,6H,5,7-11H2,1-3H3,(H,16,17)/b6-4+. The highest BCUT2D eigenvalue weighted by atomic mass is 79.9. The van der Waals surface area contributed by atoms with Crippen molar-refractivity contribution in [3.05, 3.63) is 11.1 Å². The van der Waals surface area contributed by atoms with Crippen LogP contribution < -0.4 is 5.32 Å². The summed E-state index contributed by atoms with van der Waals surface area (Å²) in [6.45, 7) is 7.46.